The number of thiophene rings is 1. The largest absolute Gasteiger partial charge is 0.367 e. The number of anilines is 1. The van der Waals surface area contributed by atoms with E-state index in [2.05, 4.69) is 57.1 Å². The zero-order valence-corrected chi connectivity index (χ0v) is 13.1. The van der Waals surface area contributed by atoms with Crippen molar-refractivity contribution in [2.45, 2.75) is 13.0 Å². The lowest BCUT2D eigenvalue weighted by Gasteiger charge is -2.23. The van der Waals surface area contributed by atoms with Crippen molar-refractivity contribution in [3.8, 4) is 0 Å². The molecule has 0 amide bonds. The molecule has 1 N–H and O–H groups in total. The van der Waals surface area contributed by atoms with E-state index in [4.69, 9.17) is 0 Å². The Morgan fingerprint density at radius 3 is 2.86 bits per heavy atom. The van der Waals surface area contributed by atoms with Gasteiger partial charge in [0, 0.05) is 11.4 Å². The molecule has 0 unspecified atom stereocenters. The van der Waals surface area contributed by atoms with Gasteiger partial charge in [-0.05, 0) is 44.6 Å². The maximum Gasteiger partial charge on any atom is 0.178 e. The first-order valence-electron chi connectivity index (χ1n) is 6.78. The molecule has 3 aromatic rings. The number of aromatic nitrogens is 4. The number of fused-ring (bicyclic) bond motifs is 1. The van der Waals surface area contributed by atoms with Crippen LogP contribution in [0.3, 0.4) is 0 Å². The van der Waals surface area contributed by atoms with Crippen molar-refractivity contribution >= 4 is 22.8 Å². The Kier molecular flexibility index (Phi) is 3.85. The topological polar surface area (TPSA) is 58.4 Å². The summed E-state index contributed by atoms with van der Waals surface area (Å²) in [6.07, 6.45) is 0. The minimum absolute atomic E-state index is 0.324. The minimum atomic E-state index is 0.324. The monoisotopic (exact) mass is 302 g/mol. The summed E-state index contributed by atoms with van der Waals surface area (Å²) >= 11 is 1.77. The zero-order valence-electron chi connectivity index (χ0n) is 12.3. The molecule has 6 nitrogen and oxygen atoms in total. The summed E-state index contributed by atoms with van der Waals surface area (Å²) in [5, 5.41) is 18.1. The van der Waals surface area contributed by atoms with Crippen molar-refractivity contribution in [1.29, 1.82) is 0 Å². The molecule has 0 saturated heterocycles. The van der Waals surface area contributed by atoms with Crippen LogP contribution in [0, 0.1) is 6.92 Å². The van der Waals surface area contributed by atoms with E-state index in [9.17, 15) is 0 Å². The number of nitrogens with one attached hydrogen (secondary N) is 1. The Morgan fingerprint density at radius 2 is 2.14 bits per heavy atom. The molecule has 1 atom stereocenters. The summed E-state index contributed by atoms with van der Waals surface area (Å²) in [6.45, 7) is 2.69. The molecule has 0 aliphatic heterocycles. The van der Waals surface area contributed by atoms with Crippen molar-refractivity contribution < 1.29 is 0 Å². The Hall–Kier alpha value is -1.99. The first kappa shape index (κ1) is 14.0. The molecule has 0 bridgehead atoms. The SMILES string of the molecule is Cc1nnc2ccc(NC[C@@H](c3cccs3)N(C)C)nn12. The molecule has 0 spiro atoms. The second-order valence-corrected chi connectivity index (χ2v) is 6.09. The van der Waals surface area contributed by atoms with Gasteiger partial charge in [-0.25, -0.2) is 0 Å². The minimum Gasteiger partial charge on any atom is -0.367 e. The van der Waals surface area contributed by atoms with Crippen molar-refractivity contribution in [3.63, 3.8) is 0 Å². The van der Waals surface area contributed by atoms with E-state index in [1.807, 2.05) is 19.1 Å². The van der Waals surface area contributed by atoms with Crippen LogP contribution in [0.5, 0.6) is 0 Å². The van der Waals surface area contributed by atoms with Crippen LogP contribution in [0.25, 0.3) is 5.65 Å². The third-order valence-electron chi connectivity index (χ3n) is 3.39. The molecule has 0 radical (unpaired) electrons. The first-order valence-corrected chi connectivity index (χ1v) is 7.66. The summed E-state index contributed by atoms with van der Waals surface area (Å²) in [7, 11) is 4.18. The predicted molar refractivity (Wildman–Crippen MR) is 84.8 cm³/mol. The standard InChI is InChI=1S/C14H18N6S/c1-10-16-17-14-7-6-13(18-20(10)14)15-9-11(19(2)3)12-5-4-8-21-12/h4-8,11H,9H2,1-3H3,(H,15,18)/t11-/m0/s1. The molecule has 21 heavy (non-hydrogen) atoms. The smallest absolute Gasteiger partial charge is 0.178 e. The van der Waals surface area contributed by atoms with E-state index in [0.717, 1.165) is 23.8 Å². The first-order chi connectivity index (χ1) is 10.1. The van der Waals surface area contributed by atoms with Crippen LogP contribution in [0.2, 0.25) is 0 Å². The number of hydrogen-bond donors (Lipinski definition) is 1. The fourth-order valence-corrected chi connectivity index (χ4v) is 3.13. The van der Waals surface area contributed by atoms with Crippen molar-refractivity contribution in [2.24, 2.45) is 0 Å². The quantitative estimate of drug-likeness (QED) is 0.783. The average molecular weight is 302 g/mol. The Labute approximate surface area is 127 Å². The summed E-state index contributed by atoms with van der Waals surface area (Å²) in [5.74, 6) is 1.62. The maximum atomic E-state index is 4.51. The molecule has 0 fully saturated rings. The highest BCUT2D eigenvalue weighted by atomic mass is 32.1. The predicted octanol–water partition coefficient (Wildman–Crippen LogP) is 2.21. The van der Waals surface area contributed by atoms with Crippen LogP contribution in [0.15, 0.2) is 29.6 Å². The van der Waals surface area contributed by atoms with E-state index < -0.39 is 0 Å². The third-order valence-corrected chi connectivity index (χ3v) is 4.36. The molecule has 3 rings (SSSR count). The van der Waals surface area contributed by atoms with E-state index in [-0.39, 0.29) is 0 Å². The highest BCUT2D eigenvalue weighted by Crippen LogP contribution is 2.23. The van der Waals surface area contributed by atoms with Gasteiger partial charge in [0.05, 0.1) is 6.04 Å². The molecule has 3 aromatic heterocycles. The number of aryl methyl sites for hydroxylation is 1. The highest BCUT2D eigenvalue weighted by Gasteiger charge is 2.15. The fourth-order valence-electron chi connectivity index (χ4n) is 2.21. The Morgan fingerprint density at radius 1 is 1.29 bits per heavy atom. The van der Waals surface area contributed by atoms with Crippen LogP contribution in [-0.2, 0) is 0 Å². The molecular weight excluding hydrogens is 284 g/mol. The lowest BCUT2D eigenvalue weighted by Crippen LogP contribution is -2.26. The van der Waals surface area contributed by atoms with Gasteiger partial charge >= 0.3 is 0 Å². The second-order valence-electron chi connectivity index (χ2n) is 5.11. The summed E-state index contributed by atoms with van der Waals surface area (Å²) in [4.78, 5) is 3.55. The third kappa shape index (κ3) is 2.88. The van der Waals surface area contributed by atoms with Crippen LogP contribution >= 0.6 is 11.3 Å². The second kappa shape index (κ2) is 5.79. The van der Waals surface area contributed by atoms with Gasteiger partial charge in [0.2, 0.25) is 0 Å². The fraction of sp³-hybridized carbons (Fsp3) is 0.357. The van der Waals surface area contributed by atoms with Crippen LogP contribution in [-0.4, -0.2) is 45.4 Å². The van der Waals surface area contributed by atoms with Crippen molar-refractivity contribution in [3.05, 3.63) is 40.3 Å². The van der Waals surface area contributed by atoms with Gasteiger partial charge in [-0.3, -0.25) is 0 Å². The van der Waals surface area contributed by atoms with E-state index >= 15 is 0 Å². The van der Waals surface area contributed by atoms with Gasteiger partial charge in [0.1, 0.15) is 5.82 Å². The lowest BCUT2D eigenvalue weighted by atomic mass is 10.2. The van der Waals surface area contributed by atoms with Gasteiger partial charge in [-0.1, -0.05) is 6.07 Å². The maximum absolute atomic E-state index is 4.51. The van der Waals surface area contributed by atoms with E-state index in [1.165, 1.54) is 4.88 Å². The summed E-state index contributed by atoms with van der Waals surface area (Å²) < 4.78 is 1.75. The van der Waals surface area contributed by atoms with E-state index in [1.54, 1.807) is 15.9 Å². The van der Waals surface area contributed by atoms with Gasteiger partial charge in [-0.15, -0.1) is 26.6 Å². The molecule has 0 saturated carbocycles. The molecule has 0 aliphatic rings. The van der Waals surface area contributed by atoms with Gasteiger partial charge < -0.3 is 10.2 Å². The van der Waals surface area contributed by atoms with Gasteiger partial charge in [0.15, 0.2) is 11.5 Å². The highest BCUT2D eigenvalue weighted by molar-refractivity contribution is 7.10. The molecular formula is C14H18N6S. The van der Waals surface area contributed by atoms with Crippen LogP contribution in [0.1, 0.15) is 16.7 Å². The Balaban J connectivity index is 1.76. The Bertz CT molecular complexity index is 718. The van der Waals surface area contributed by atoms with E-state index in [0.29, 0.717) is 6.04 Å². The number of likely N-dealkylation sites (N-methyl/N-ethyl adjacent to an activating group) is 1. The van der Waals surface area contributed by atoms with Crippen LogP contribution < -0.4 is 5.32 Å². The molecule has 0 aliphatic carbocycles. The number of rotatable bonds is 5. The summed E-state index contributed by atoms with van der Waals surface area (Å²) in [6, 6.07) is 8.43. The van der Waals surface area contributed by atoms with Crippen molar-refractivity contribution in [2.75, 3.05) is 26.0 Å². The molecule has 0 aromatic carbocycles. The normalized spacial score (nSPS) is 13.0. The number of hydrogen-bond acceptors (Lipinski definition) is 6. The van der Waals surface area contributed by atoms with Gasteiger partial charge in [-0.2, -0.15) is 4.52 Å². The summed E-state index contributed by atoms with van der Waals surface area (Å²) in [5.41, 5.74) is 0.764. The molecule has 7 heteroatoms. The van der Waals surface area contributed by atoms with Gasteiger partial charge in [0.25, 0.3) is 0 Å². The average Bonchev–Trinajstić information content (AvgIpc) is 3.10. The number of nitrogens with zero attached hydrogens (tertiary/aromatic N) is 5. The van der Waals surface area contributed by atoms with Crippen LogP contribution in [0.4, 0.5) is 5.82 Å². The molecule has 3 heterocycles. The van der Waals surface area contributed by atoms with Crippen molar-refractivity contribution in [1.82, 2.24) is 24.7 Å². The lowest BCUT2D eigenvalue weighted by molar-refractivity contribution is 0.316. The zero-order chi connectivity index (χ0) is 14.8. The molecule has 110 valence electrons.